The number of carbonyl (C=O) groups excluding carboxylic acids is 1. The standard InChI is InChI=1S/C13H16FNO.C2H6/c14-12-9-5-4-8-11(12)13(16)15-10-6-2-1-3-7-10;1-2/h4-5,8-10H,1-3,6-7H2,(H,15,16);1-2H3. The normalized spacial score (nSPS) is 15.5. The molecule has 1 aliphatic carbocycles. The molecular formula is C15H22FNO. The molecule has 1 aromatic carbocycles. The zero-order chi connectivity index (χ0) is 13.4. The molecule has 3 heteroatoms. The number of carbonyl (C=O) groups is 1. The Kier molecular flexibility index (Phi) is 6.40. The molecule has 0 radical (unpaired) electrons. The Morgan fingerprint density at radius 2 is 1.78 bits per heavy atom. The zero-order valence-electron chi connectivity index (χ0n) is 11.2. The summed E-state index contributed by atoms with van der Waals surface area (Å²) in [7, 11) is 0. The van der Waals surface area contributed by atoms with Gasteiger partial charge in [0.15, 0.2) is 0 Å². The number of hydrogen-bond donors (Lipinski definition) is 1. The second kappa shape index (κ2) is 7.85. The molecule has 18 heavy (non-hydrogen) atoms. The van der Waals surface area contributed by atoms with Gasteiger partial charge in [-0.05, 0) is 25.0 Å². The van der Waals surface area contributed by atoms with Crippen molar-refractivity contribution in [3.8, 4) is 0 Å². The number of benzene rings is 1. The summed E-state index contributed by atoms with van der Waals surface area (Å²) in [5.41, 5.74) is 0.146. The van der Waals surface area contributed by atoms with Gasteiger partial charge in [-0.3, -0.25) is 4.79 Å². The molecule has 0 spiro atoms. The van der Waals surface area contributed by atoms with Crippen LogP contribution in [-0.4, -0.2) is 11.9 Å². The van der Waals surface area contributed by atoms with Crippen LogP contribution < -0.4 is 5.32 Å². The van der Waals surface area contributed by atoms with Gasteiger partial charge in [0, 0.05) is 6.04 Å². The van der Waals surface area contributed by atoms with Crippen molar-refractivity contribution in [3.05, 3.63) is 35.6 Å². The first-order valence-electron chi connectivity index (χ1n) is 6.83. The molecule has 0 bridgehead atoms. The molecule has 2 nitrogen and oxygen atoms in total. The van der Waals surface area contributed by atoms with Gasteiger partial charge in [-0.25, -0.2) is 4.39 Å². The summed E-state index contributed by atoms with van der Waals surface area (Å²) in [4.78, 5) is 11.8. The summed E-state index contributed by atoms with van der Waals surface area (Å²) >= 11 is 0. The molecule has 0 aromatic heterocycles. The summed E-state index contributed by atoms with van der Waals surface area (Å²) in [5.74, 6) is -0.735. The lowest BCUT2D eigenvalue weighted by molar-refractivity contribution is 0.0923. The molecule has 1 fully saturated rings. The Morgan fingerprint density at radius 3 is 2.39 bits per heavy atom. The van der Waals surface area contributed by atoms with Crippen LogP contribution in [0.4, 0.5) is 4.39 Å². The molecule has 0 heterocycles. The van der Waals surface area contributed by atoms with Gasteiger partial charge in [-0.1, -0.05) is 45.2 Å². The van der Waals surface area contributed by atoms with Gasteiger partial charge in [-0.15, -0.1) is 0 Å². The Labute approximate surface area is 109 Å². The van der Waals surface area contributed by atoms with Crippen LogP contribution in [-0.2, 0) is 0 Å². The van der Waals surface area contributed by atoms with Gasteiger partial charge in [0.25, 0.3) is 5.91 Å². The summed E-state index contributed by atoms with van der Waals surface area (Å²) in [6, 6.07) is 6.33. The third-order valence-corrected chi connectivity index (χ3v) is 3.06. The number of amides is 1. The Balaban J connectivity index is 0.000000771. The zero-order valence-corrected chi connectivity index (χ0v) is 11.2. The van der Waals surface area contributed by atoms with Crippen LogP contribution in [0.25, 0.3) is 0 Å². The van der Waals surface area contributed by atoms with Crippen LogP contribution >= 0.6 is 0 Å². The lowest BCUT2D eigenvalue weighted by Gasteiger charge is -2.22. The van der Waals surface area contributed by atoms with Gasteiger partial charge >= 0.3 is 0 Å². The van der Waals surface area contributed by atoms with E-state index in [1.54, 1.807) is 12.1 Å². The van der Waals surface area contributed by atoms with E-state index in [4.69, 9.17) is 0 Å². The minimum absolute atomic E-state index is 0.146. The fourth-order valence-electron chi connectivity index (χ4n) is 2.16. The maximum atomic E-state index is 13.3. The monoisotopic (exact) mass is 251 g/mol. The van der Waals surface area contributed by atoms with Crippen molar-refractivity contribution in [1.82, 2.24) is 5.32 Å². The Morgan fingerprint density at radius 1 is 1.17 bits per heavy atom. The number of halogens is 1. The number of nitrogens with one attached hydrogen (secondary N) is 1. The molecular weight excluding hydrogens is 229 g/mol. The van der Waals surface area contributed by atoms with Crippen molar-refractivity contribution in [1.29, 1.82) is 0 Å². The number of rotatable bonds is 2. The fraction of sp³-hybridized carbons (Fsp3) is 0.533. The molecule has 1 amide bonds. The second-order valence-electron chi connectivity index (χ2n) is 4.29. The van der Waals surface area contributed by atoms with E-state index >= 15 is 0 Å². The molecule has 0 unspecified atom stereocenters. The summed E-state index contributed by atoms with van der Waals surface area (Å²) in [6.07, 6.45) is 5.58. The van der Waals surface area contributed by atoms with E-state index in [0.29, 0.717) is 0 Å². The summed E-state index contributed by atoms with van der Waals surface area (Å²) in [6.45, 7) is 4.00. The van der Waals surface area contributed by atoms with E-state index in [2.05, 4.69) is 5.32 Å². The third-order valence-electron chi connectivity index (χ3n) is 3.06. The van der Waals surface area contributed by atoms with Crippen LogP contribution in [0.15, 0.2) is 24.3 Å². The van der Waals surface area contributed by atoms with Crippen LogP contribution in [0, 0.1) is 5.82 Å². The predicted molar refractivity (Wildman–Crippen MR) is 72.1 cm³/mol. The van der Waals surface area contributed by atoms with Gasteiger partial charge in [0.2, 0.25) is 0 Å². The predicted octanol–water partition coefficient (Wildman–Crippen LogP) is 3.91. The number of hydrogen-bond acceptors (Lipinski definition) is 1. The van der Waals surface area contributed by atoms with Crippen LogP contribution in [0.2, 0.25) is 0 Å². The maximum absolute atomic E-state index is 13.3. The van der Waals surface area contributed by atoms with E-state index in [1.807, 2.05) is 13.8 Å². The van der Waals surface area contributed by atoms with Gasteiger partial charge < -0.3 is 5.32 Å². The van der Waals surface area contributed by atoms with Crippen LogP contribution in [0.5, 0.6) is 0 Å². The van der Waals surface area contributed by atoms with Crippen molar-refractivity contribution in [2.24, 2.45) is 0 Å². The average molecular weight is 251 g/mol. The Bertz CT molecular complexity index is 373. The molecule has 100 valence electrons. The molecule has 1 saturated carbocycles. The second-order valence-corrected chi connectivity index (χ2v) is 4.29. The summed E-state index contributed by atoms with van der Waals surface area (Å²) in [5, 5.41) is 2.90. The first-order valence-corrected chi connectivity index (χ1v) is 6.83. The highest BCUT2D eigenvalue weighted by atomic mass is 19.1. The maximum Gasteiger partial charge on any atom is 0.254 e. The van der Waals surface area contributed by atoms with E-state index < -0.39 is 5.82 Å². The summed E-state index contributed by atoms with van der Waals surface area (Å²) < 4.78 is 13.3. The van der Waals surface area contributed by atoms with Crippen LogP contribution in [0.1, 0.15) is 56.3 Å². The highest BCUT2D eigenvalue weighted by molar-refractivity contribution is 5.94. The lowest BCUT2D eigenvalue weighted by Crippen LogP contribution is -2.36. The molecule has 0 saturated heterocycles. The Hall–Kier alpha value is -1.38. The van der Waals surface area contributed by atoms with Gasteiger partial charge in [0.1, 0.15) is 5.82 Å². The minimum Gasteiger partial charge on any atom is -0.349 e. The van der Waals surface area contributed by atoms with Gasteiger partial charge in [-0.2, -0.15) is 0 Å². The van der Waals surface area contributed by atoms with Crippen molar-refractivity contribution in [3.63, 3.8) is 0 Å². The molecule has 1 aliphatic rings. The van der Waals surface area contributed by atoms with Gasteiger partial charge in [0.05, 0.1) is 5.56 Å². The van der Waals surface area contributed by atoms with Crippen molar-refractivity contribution in [2.75, 3.05) is 0 Å². The third kappa shape index (κ3) is 4.13. The molecule has 1 N–H and O–H groups in total. The first kappa shape index (κ1) is 14.7. The highest BCUT2D eigenvalue weighted by Crippen LogP contribution is 2.18. The highest BCUT2D eigenvalue weighted by Gasteiger charge is 2.18. The lowest BCUT2D eigenvalue weighted by atomic mass is 9.95. The molecule has 1 aromatic rings. The molecule has 0 atom stereocenters. The molecule has 0 aliphatic heterocycles. The fourth-order valence-corrected chi connectivity index (χ4v) is 2.16. The smallest absolute Gasteiger partial charge is 0.254 e. The van der Waals surface area contributed by atoms with Crippen molar-refractivity contribution in [2.45, 2.75) is 52.0 Å². The largest absolute Gasteiger partial charge is 0.349 e. The minimum atomic E-state index is -0.448. The van der Waals surface area contributed by atoms with E-state index in [0.717, 1.165) is 25.7 Å². The van der Waals surface area contributed by atoms with Crippen molar-refractivity contribution < 1.29 is 9.18 Å². The average Bonchev–Trinajstić information content (AvgIpc) is 2.42. The quantitative estimate of drug-likeness (QED) is 0.848. The van der Waals surface area contributed by atoms with E-state index in [-0.39, 0.29) is 17.5 Å². The van der Waals surface area contributed by atoms with E-state index in [9.17, 15) is 9.18 Å². The van der Waals surface area contributed by atoms with E-state index in [1.165, 1.54) is 18.6 Å². The first-order chi connectivity index (χ1) is 8.77. The van der Waals surface area contributed by atoms with Crippen molar-refractivity contribution >= 4 is 5.91 Å². The van der Waals surface area contributed by atoms with Crippen LogP contribution in [0.3, 0.4) is 0 Å². The SMILES string of the molecule is CC.O=C(NC1CCCCC1)c1ccccc1F. The molecule has 2 rings (SSSR count). The topological polar surface area (TPSA) is 29.1 Å².